The Kier molecular flexibility index (Phi) is 5.06. The highest BCUT2D eigenvalue weighted by atomic mass is 35.5. The summed E-state index contributed by atoms with van der Waals surface area (Å²) < 4.78 is 5.79. The highest BCUT2D eigenvalue weighted by Crippen LogP contribution is 2.32. The Hall–Kier alpha value is -3.05. The quantitative estimate of drug-likeness (QED) is 0.294. The lowest BCUT2D eigenvalue weighted by atomic mass is 10.0. The molecule has 7 heteroatoms. The van der Waals surface area contributed by atoms with Crippen molar-refractivity contribution in [2.75, 3.05) is 5.32 Å². The SMILES string of the molecule is O=C(Nc1ccc(-c2nc3cc(Cl)cc(Cl)c3o2)cc1)c1cccc2c(Cl)cccc12. The number of carbonyl (C=O) groups is 1. The van der Waals surface area contributed by atoms with Crippen molar-refractivity contribution in [2.45, 2.75) is 0 Å². The van der Waals surface area contributed by atoms with Crippen LogP contribution in [0.2, 0.25) is 15.1 Å². The summed E-state index contributed by atoms with van der Waals surface area (Å²) in [4.78, 5) is 17.3. The Morgan fingerprint density at radius 1 is 0.839 bits per heavy atom. The molecule has 5 aromatic rings. The molecule has 0 fully saturated rings. The number of aromatic nitrogens is 1. The Balaban J connectivity index is 1.42. The first-order valence-electron chi connectivity index (χ1n) is 9.34. The first-order chi connectivity index (χ1) is 15.0. The number of nitrogens with one attached hydrogen (secondary N) is 1. The van der Waals surface area contributed by atoms with E-state index < -0.39 is 0 Å². The van der Waals surface area contributed by atoms with E-state index in [0.29, 0.717) is 43.3 Å². The number of halogens is 3. The molecule has 0 spiro atoms. The predicted octanol–water partition coefficient (Wildman–Crippen LogP) is 7.86. The third kappa shape index (κ3) is 3.74. The van der Waals surface area contributed by atoms with Gasteiger partial charge >= 0.3 is 0 Å². The van der Waals surface area contributed by atoms with Gasteiger partial charge in [0, 0.05) is 32.2 Å². The van der Waals surface area contributed by atoms with E-state index in [9.17, 15) is 4.79 Å². The summed E-state index contributed by atoms with van der Waals surface area (Å²) in [6, 6.07) is 21.5. The zero-order valence-electron chi connectivity index (χ0n) is 15.8. The number of fused-ring (bicyclic) bond motifs is 2. The molecule has 1 amide bonds. The Morgan fingerprint density at radius 3 is 2.39 bits per heavy atom. The van der Waals surface area contributed by atoms with Crippen LogP contribution in [-0.4, -0.2) is 10.9 Å². The van der Waals surface area contributed by atoms with E-state index in [2.05, 4.69) is 10.3 Å². The van der Waals surface area contributed by atoms with Crippen LogP contribution in [0, 0.1) is 0 Å². The minimum absolute atomic E-state index is 0.219. The number of nitrogens with zero attached hydrogens (tertiary/aromatic N) is 1. The smallest absolute Gasteiger partial charge is 0.256 e. The number of hydrogen-bond acceptors (Lipinski definition) is 3. The third-order valence-electron chi connectivity index (χ3n) is 4.91. The number of anilines is 1. The molecular weight excluding hydrogens is 455 g/mol. The van der Waals surface area contributed by atoms with Gasteiger partial charge in [-0.25, -0.2) is 4.98 Å². The van der Waals surface area contributed by atoms with Crippen LogP contribution in [0.1, 0.15) is 10.4 Å². The molecule has 0 bridgehead atoms. The van der Waals surface area contributed by atoms with Gasteiger partial charge in [0.1, 0.15) is 5.52 Å². The standard InChI is InChI=1S/C24H13Cl3N2O2/c25-14-11-20(27)22-21(12-14)29-24(31-22)13-7-9-15(10-8-13)28-23(30)18-5-1-4-17-16(18)3-2-6-19(17)26/h1-12H,(H,28,30). The van der Waals surface area contributed by atoms with Gasteiger partial charge in [0.2, 0.25) is 5.89 Å². The summed E-state index contributed by atoms with van der Waals surface area (Å²) in [5, 5.41) is 6.05. The van der Waals surface area contributed by atoms with Crippen molar-refractivity contribution in [3.8, 4) is 11.5 Å². The van der Waals surface area contributed by atoms with E-state index in [-0.39, 0.29) is 5.91 Å². The van der Waals surface area contributed by atoms with Gasteiger partial charge in [-0.05, 0) is 53.9 Å². The number of carbonyl (C=O) groups excluding carboxylic acids is 1. The highest BCUT2D eigenvalue weighted by Gasteiger charge is 2.14. The second-order valence-electron chi connectivity index (χ2n) is 6.93. The maximum Gasteiger partial charge on any atom is 0.256 e. The van der Waals surface area contributed by atoms with Gasteiger partial charge in [-0.2, -0.15) is 0 Å². The summed E-state index contributed by atoms with van der Waals surface area (Å²) in [5.41, 5.74) is 3.01. The maximum absolute atomic E-state index is 12.9. The lowest BCUT2D eigenvalue weighted by molar-refractivity contribution is 0.102. The highest BCUT2D eigenvalue weighted by molar-refractivity contribution is 6.38. The van der Waals surface area contributed by atoms with Crippen molar-refractivity contribution in [3.05, 3.63) is 93.4 Å². The van der Waals surface area contributed by atoms with Gasteiger partial charge in [-0.3, -0.25) is 4.79 Å². The zero-order chi connectivity index (χ0) is 21.5. The van der Waals surface area contributed by atoms with E-state index in [1.54, 1.807) is 36.4 Å². The van der Waals surface area contributed by atoms with E-state index in [1.165, 1.54) is 0 Å². The van der Waals surface area contributed by atoms with Gasteiger partial charge in [-0.15, -0.1) is 0 Å². The van der Waals surface area contributed by atoms with Gasteiger partial charge in [-0.1, -0.05) is 59.1 Å². The normalized spacial score (nSPS) is 11.2. The molecule has 1 aromatic heterocycles. The molecule has 0 saturated heterocycles. The number of rotatable bonds is 3. The number of amides is 1. The van der Waals surface area contributed by atoms with Crippen LogP contribution in [0.3, 0.4) is 0 Å². The molecular formula is C24H13Cl3N2O2. The average Bonchev–Trinajstić information content (AvgIpc) is 3.18. The largest absolute Gasteiger partial charge is 0.435 e. The molecule has 5 rings (SSSR count). The fraction of sp³-hybridized carbons (Fsp3) is 0. The molecule has 0 aliphatic heterocycles. The van der Waals surface area contributed by atoms with E-state index in [0.717, 1.165) is 16.3 Å². The van der Waals surface area contributed by atoms with Crippen molar-refractivity contribution >= 4 is 68.3 Å². The predicted molar refractivity (Wildman–Crippen MR) is 126 cm³/mol. The summed E-state index contributed by atoms with van der Waals surface area (Å²) in [5.74, 6) is 0.199. The van der Waals surface area contributed by atoms with Crippen LogP contribution in [0.15, 0.2) is 77.2 Å². The van der Waals surface area contributed by atoms with Crippen LogP contribution in [0.5, 0.6) is 0 Å². The molecule has 31 heavy (non-hydrogen) atoms. The van der Waals surface area contributed by atoms with Crippen molar-refractivity contribution in [1.29, 1.82) is 0 Å². The summed E-state index contributed by atoms with van der Waals surface area (Å²) in [6.07, 6.45) is 0. The first-order valence-corrected chi connectivity index (χ1v) is 10.5. The molecule has 0 saturated carbocycles. The summed E-state index contributed by atoms with van der Waals surface area (Å²) >= 11 is 18.5. The van der Waals surface area contributed by atoms with Crippen LogP contribution in [0.25, 0.3) is 33.3 Å². The topological polar surface area (TPSA) is 55.1 Å². The van der Waals surface area contributed by atoms with E-state index in [4.69, 9.17) is 39.2 Å². The van der Waals surface area contributed by atoms with Crippen LogP contribution >= 0.6 is 34.8 Å². The van der Waals surface area contributed by atoms with Gasteiger partial charge in [0.25, 0.3) is 5.91 Å². The van der Waals surface area contributed by atoms with Gasteiger partial charge < -0.3 is 9.73 Å². The second-order valence-corrected chi connectivity index (χ2v) is 8.18. The van der Waals surface area contributed by atoms with E-state index >= 15 is 0 Å². The van der Waals surface area contributed by atoms with Crippen LogP contribution in [-0.2, 0) is 0 Å². The van der Waals surface area contributed by atoms with Crippen molar-refractivity contribution in [3.63, 3.8) is 0 Å². The van der Waals surface area contributed by atoms with Gasteiger partial charge in [0.15, 0.2) is 5.58 Å². The monoisotopic (exact) mass is 466 g/mol. The molecule has 152 valence electrons. The van der Waals surface area contributed by atoms with Crippen molar-refractivity contribution in [1.82, 2.24) is 4.98 Å². The molecule has 4 nitrogen and oxygen atoms in total. The number of hydrogen-bond donors (Lipinski definition) is 1. The minimum atomic E-state index is -0.219. The summed E-state index contributed by atoms with van der Waals surface area (Å²) in [7, 11) is 0. The maximum atomic E-state index is 12.9. The Bertz CT molecular complexity index is 1460. The van der Waals surface area contributed by atoms with Crippen LogP contribution in [0.4, 0.5) is 5.69 Å². The lowest BCUT2D eigenvalue weighted by Gasteiger charge is -2.09. The fourth-order valence-corrected chi connectivity index (χ4v) is 4.21. The number of oxazole rings is 1. The summed E-state index contributed by atoms with van der Waals surface area (Å²) in [6.45, 7) is 0. The molecule has 0 unspecified atom stereocenters. The molecule has 1 N–H and O–H groups in total. The zero-order valence-corrected chi connectivity index (χ0v) is 18.1. The second kappa shape index (κ2) is 7.89. The minimum Gasteiger partial charge on any atom is -0.435 e. The van der Waals surface area contributed by atoms with Crippen molar-refractivity contribution < 1.29 is 9.21 Å². The fourth-order valence-electron chi connectivity index (χ4n) is 3.45. The molecule has 0 radical (unpaired) electrons. The molecule has 4 aromatic carbocycles. The van der Waals surface area contributed by atoms with Gasteiger partial charge in [0.05, 0.1) is 5.02 Å². The first kappa shape index (κ1) is 19.9. The molecule has 0 aliphatic carbocycles. The Morgan fingerprint density at radius 2 is 1.58 bits per heavy atom. The lowest BCUT2D eigenvalue weighted by Crippen LogP contribution is -2.12. The molecule has 0 aliphatic rings. The molecule has 1 heterocycles. The average molecular weight is 468 g/mol. The Labute approximate surface area is 192 Å². The third-order valence-corrected chi connectivity index (χ3v) is 5.74. The molecule has 0 atom stereocenters. The number of benzene rings is 4. The van der Waals surface area contributed by atoms with Crippen molar-refractivity contribution in [2.24, 2.45) is 0 Å². The van der Waals surface area contributed by atoms with E-state index in [1.807, 2.05) is 36.4 Å². The van der Waals surface area contributed by atoms with Crippen LogP contribution < -0.4 is 5.32 Å².